The van der Waals surface area contributed by atoms with Crippen LogP contribution in [0.25, 0.3) is 11.4 Å². The van der Waals surface area contributed by atoms with Crippen molar-refractivity contribution in [3.63, 3.8) is 0 Å². The molecule has 28 heavy (non-hydrogen) atoms. The Morgan fingerprint density at radius 3 is 2.75 bits per heavy atom. The van der Waals surface area contributed by atoms with Crippen molar-refractivity contribution in [2.75, 3.05) is 10.6 Å². The van der Waals surface area contributed by atoms with E-state index in [-0.39, 0.29) is 23.3 Å². The lowest BCUT2D eigenvalue weighted by Gasteiger charge is -2.22. The highest BCUT2D eigenvalue weighted by atomic mass is 35.5. The molecule has 4 rings (SSSR count). The van der Waals surface area contributed by atoms with Gasteiger partial charge in [-0.1, -0.05) is 41.4 Å². The molecule has 0 bridgehead atoms. The summed E-state index contributed by atoms with van der Waals surface area (Å²) in [6.45, 7) is 1.97. The molecule has 1 aliphatic rings. The number of carbonyl (C=O) groups is 2. The summed E-state index contributed by atoms with van der Waals surface area (Å²) in [6, 6.07) is 10.6. The Kier molecular flexibility index (Phi) is 4.56. The molecule has 9 heteroatoms. The molecule has 1 aliphatic heterocycles. The van der Waals surface area contributed by atoms with E-state index in [4.69, 9.17) is 11.6 Å². The lowest BCUT2D eigenvalue weighted by Crippen LogP contribution is -2.36. The van der Waals surface area contributed by atoms with E-state index in [0.29, 0.717) is 11.5 Å². The third kappa shape index (κ3) is 3.46. The first-order valence-electron chi connectivity index (χ1n) is 8.50. The second-order valence-corrected chi connectivity index (χ2v) is 6.86. The number of benzene rings is 2. The van der Waals surface area contributed by atoms with Crippen LogP contribution in [0, 0.1) is 12.7 Å². The molecular formula is C19H15ClFN5O2. The van der Waals surface area contributed by atoms with Gasteiger partial charge in [0.25, 0.3) is 0 Å². The van der Waals surface area contributed by atoms with E-state index >= 15 is 0 Å². The number of aryl methyl sites for hydroxylation is 1. The van der Waals surface area contributed by atoms with Crippen molar-refractivity contribution in [1.82, 2.24) is 14.8 Å². The van der Waals surface area contributed by atoms with Crippen molar-refractivity contribution in [3.05, 3.63) is 58.9 Å². The first-order chi connectivity index (χ1) is 13.4. The maximum Gasteiger partial charge on any atom is 0.249 e. The maximum absolute atomic E-state index is 13.3. The van der Waals surface area contributed by atoms with Gasteiger partial charge in [0.2, 0.25) is 17.8 Å². The van der Waals surface area contributed by atoms with Crippen LogP contribution in [0.5, 0.6) is 0 Å². The molecule has 0 unspecified atom stereocenters. The molecule has 2 N–H and O–H groups in total. The SMILES string of the molecule is Cc1ccc(-c2nc3n(n2)[C@H](C(=O)Nc2ccc(F)c(Cl)c2)CC(=O)N3)cc1. The molecule has 2 aromatic carbocycles. The Hall–Kier alpha value is -3.26. The van der Waals surface area contributed by atoms with Crippen LogP contribution in [-0.2, 0) is 9.59 Å². The van der Waals surface area contributed by atoms with Crippen molar-refractivity contribution < 1.29 is 14.0 Å². The molecule has 2 amide bonds. The molecule has 142 valence electrons. The van der Waals surface area contributed by atoms with E-state index in [0.717, 1.165) is 17.2 Å². The third-order valence-electron chi connectivity index (χ3n) is 4.36. The van der Waals surface area contributed by atoms with Crippen molar-refractivity contribution in [3.8, 4) is 11.4 Å². The average molecular weight is 400 g/mol. The maximum atomic E-state index is 13.3. The number of anilines is 2. The van der Waals surface area contributed by atoms with Crippen LogP contribution in [0.15, 0.2) is 42.5 Å². The number of hydrogen-bond acceptors (Lipinski definition) is 4. The fourth-order valence-electron chi connectivity index (χ4n) is 2.89. The lowest BCUT2D eigenvalue weighted by atomic mass is 10.1. The Morgan fingerprint density at radius 1 is 1.29 bits per heavy atom. The minimum atomic E-state index is -0.890. The largest absolute Gasteiger partial charge is 0.324 e. The van der Waals surface area contributed by atoms with Crippen LogP contribution in [-0.4, -0.2) is 26.6 Å². The number of amides is 2. The van der Waals surface area contributed by atoms with Crippen LogP contribution in [0.1, 0.15) is 18.0 Å². The molecule has 0 saturated heterocycles. The van der Waals surface area contributed by atoms with Crippen LogP contribution < -0.4 is 10.6 Å². The monoisotopic (exact) mass is 399 g/mol. The van der Waals surface area contributed by atoms with Gasteiger partial charge < -0.3 is 5.32 Å². The Labute approximate surface area is 164 Å². The molecule has 0 aliphatic carbocycles. The second kappa shape index (κ2) is 7.05. The molecule has 1 atom stereocenters. The van der Waals surface area contributed by atoms with Crippen molar-refractivity contribution in [1.29, 1.82) is 0 Å². The smallest absolute Gasteiger partial charge is 0.249 e. The van der Waals surface area contributed by atoms with E-state index in [1.54, 1.807) is 0 Å². The van der Waals surface area contributed by atoms with Gasteiger partial charge in [0.05, 0.1) is 11.4 Å². The summed E-state index contributed by atoms with van der Waals surface area (Å²) < 4.78 is 14.7. The zero-order chi connectivity index (χ0) is 19.8. The van der Waals surface area contributed by atoms with Gasteiger partial charge in [-0.15, -0.1) is 5.10 Å². The summed E-state index contributed by atoms with van der Waals surface area (Å²) in [7, 11) is 0. The van der Waals surface area contributed by atoms with Gasteiger partial charge in [0.1, 0.15) is 11.9 Å². The fourth-order valence-corrected chi connectivity index (χ4v) is 3.07. The van der Waals surface area contributed by atoms with E-state index in [2.05, 4.69) is 20.7 Å². The lowest BCUT2D eigenvalue weighted by molar-refractivity contribution is -0.125. The van der Waals surface area contributed by atoms with E-state index < -0.39 is 17.8 Å². The molecule has 3 aromatic rings. The number of fused-ring (bicyclic) bond motifs is 1. The van der Waals surface area contributed by atoms with E-state index in [1.165, 1.54) is 16.8 Å². The number of halogens is 2. The summed E-state index contributed by atoms with van der Waals surface area (Å²) >= 11 is 5.75. The molecule has 1 aromatic heterocycles. The van der Waals surface area contributed by atoms with Crippen LogP contribution in [0.2, 0.25) is 5.02 Å². The van der Waals surface area contributed by atoms with Crippen LogP contribution >= 0.6 is 11.6 Å². The topological polar surface area (TPSA) is 88.9 Å². The summed E-state index contributed by atoms with van der Waals surface area (Å²) in [6.07, 6.45) is -0.0928. The van der Waals surface area contributed by atoms with Gasteiger partial charge in [-0.25, -0.2) is 9.07 Å². The summed E-state index contributed by atoms with van der Waals surface area (Å²) in [5, 5.41) is 9.56. The number of aromatic nitrogens is 3. The van der Waals surface area contributed by atoms with E-state index in [9.17, 15) is 14.0 Å². The van der Waals surface area contributed by atoms with Crippen LogP contribution in [0.3, 0.4) is 0 Å². The standard InChI is InChI=1S/C19H15ClFN5O2/c1-10-2-4-11(5-3-10)17-24-19-23-16(27)9-15(26(19)25-17)18(28)22-12-6-7-14(21)13(20)8-12/h2-8,15H,9H2,1H3,(H,22,28)(H,23,24,25,27)/t15-/m0/s1. The second-order valence-electron chi connectivity index (χ2n) is 6.46. The first-order valence-corrected chi connectivity index (χ1v) is 8.88. The molecule has 2 heterocycles. The van der Waals surface area contributed by atoms with Gasteiger partial charge in [-0.3, -0.25) is 14.9 Å². The van der Waals surface area contributed by atoms with Gasteiger partial charge in [0, 0.05) is 11.3 Å². The Balaban J connectivity index is 1.63. The average Bonchev–Trinajstić information content (AvgIpc) is 3.08. The number of carbonyl (C=O) groups excluding carboxylic acids is 2. The van der Waals surface area contributed by atoms with Crippen LogP contribution in [0.4, 0.5) is 16.0 Å². The van der Waals surface area contributed by atoms with Crippen molar-refractivity contribution in [2.45, 2.75) is 19.4 Å². The highest BCUT2D eigenvalue weighted by molar-refractivity contribution is 6.31. The minimum Gasteiger partial charge on any atom is -0.324 e. The highest BCUT2D eigenvalue weighted by Crippen LogP contribution is 2.28. The third-order valence-corrected chi connectivity index (χ3v) is 4.65. The molecule has 0 fully saturated rings. The molecule has 7 nitrogen and oxygen atoms in total. The number of rotatable bonds is 3. The number of nitrogens with one attached hydrogen (secondary N) is 2. The number of hydrogen-bond donors (Lipinski definition) is 2. The first kappa shape index (κ1) is 18.1. The summed E-state index contributed by atoms with van der Waals surface area (Å²) in [5.41, 5.74) is 2.19. The number of nitrogens with zero attached hydrogens (tertiary/aromatic N) is 3. The van der Waals surface area contributed by atoms with Gasteiger partial charge >= 0.3 is 0 Å². The molecule has 0 radical (unpaired) electrons. The zero-order valence-corrected chi connectivity index (χ0v) is 15.5. The zero-order valence-electron chi connectivity index (χ0n) is 14.7. The Bertz CT molecular complexity index is 1080. The highest BCUT2D eigenvalue weighted by Gasteiger charge is 2.33. The van der Waals surface area contributed by atoms with Gasteiger partial charge in [-0.2, -0.15) is 4.98 Å². The summed E-state index contributed by atoms with van der Waals surface area (Å²) in [4.78, 5) is 29.1. The minimum absolute atomic E-state index is 0.0928. The quantitative estimate of drug-likeness (QED) is 0.704. The molecular weight excluding hydrogens is 385 g/mol. The molecule has 0 saturated carbocycles. The predicted octanol–water partition coefficient (Wildman–Crippen LogP) is 3.57. The Morgan fingerprint density at radius 2 is 2.04 bits per heavy atom. The van der Waals surface area contributed by atoms with Crippen molar-refractivity contribution in [2.24, 2.45) is 0 Å². The van der Waals surface area contributed by atoms with Gasteiger partial charge in [0.15, 0.2) is 5.82 Å². The fraction of sp³-hybridized carbons (Fsp3) is 0.158. The molecule has 0 spiro atoms. The van der Waals surface area contributed by atoms with Crippen molar-refractivity contribution >= 4 is 35.1 Å². The van der Waals surface area contributed by atoms with Gasteiger partial charge in [-0.05, 0) is 25.1 Å². The predicted molar refractivity (Wildman–Crippen MR) is 103 cm³/mol. The van der Waals surface area contributed by atoms with E-state index in [1.807, 2.05) is 31.2 Å². The summed E-state index contributed by atoms with van der Waals surface area (Å²) in [5.74, 6) is -0.797. The normalized spacial score (nSPS) is 15.7.